The van der Waals surface area contributed by atoms with Gasteiger partial charge in [-0.1, -0.05) is 22.0 Å². The van der Waals surface area contributed by atoms with Gasteiger partial charge in [0, 0.05) is 154 Å². The number of aliphatic carboxylic acids is 1. The van der Waals surface area contributed by atoms with Crippen LogP contribution in [0.2, 0.25) is 0 Å². The molecule has 734 valence electrons. The van der Waals surface area contributed by atoms with E-state index >= 15 is 0 Å². The molecule has 8 saturated heterocycles. The van der Waals surface area contributed by atoms with Gasteiger partial charge in [-0.2, -0.15) is 57.9 Å². The third-order valence-electron chi connectivity index (χ3n) is 25.1. The van der Waals surface area contributed by atoms with Crippen LogP contribution in [0.5, 0.6) is 0 Å². The van der Waals surface area contributed by atoms with Crippen LogP contribution in [0.25, 0.3) is 64.6 Å². The molecule has 14 heterocycles. The minimum Gasteiger partial charge on any atom is -1.00 e. The van der Waals surface area contributed by atoms with Crippen molar-refractivity contribution in [3.63, 3.8) is 0 Å². The van der Waals surface area contributed by atoms with E-state index in [1.165, 1.54) is 19.0 Å². The molecule has 6 aromatic heterocycles. The summed E-state index contributed by atoms with van der Waals surface area (Å²) in [5, 5.41) is 137. The zero-order chi connectivity index (χ0) is 99.5. The number of carbonyl (C=O) groups excluding carboxylic acids is 1. The molecule has 141 heavy (non-hydrogen) atoms. The number of alkyl halides is 6. The van der Waals surface area contributed by atoms with Crippen LogP contribution in [-0.4, -0.2) is 230 Å². The monoisotopic (exact) mass is 2120 g/mol. The second kappa shape index (κ2) is 56.4. The number of rotatable bonds is 13. The second-order valence-electron chi connectivity index (χ2n) is 34.2. The Balaban J connectivity index is 0.000000179. The maximum atomic E-state index is 12.8. The first-order valence-corrected chi connectivity index (χ1v) is 47.0. The summed E-state index contributed by atoms with van der Waals surface area (Å²) < 4.78 is 70.5. The molecular formula is C103H111BrCsF7N20O9. The third kappa shape index (κ3) is 31.5. The van der Waals surface area contributed by atoms with Crippen LogP contribution in [0.3, 0.4) is 0 Å². The maximum Gasteiger partial charge on any atom is 1.00 e. The Morgan fingerprint density at radius 3 is 0.943 bits per heavy atom. The van der Waals surface area contributed by atoms with Crippen LogP contribution in [0.15, 0.2) is 187 Å². The summed E-state index contributed by atoms with van der Waals surface area (Å²) in [4.78, 5) is 55.8. The number of carboxylic acids is 1. The predicted molar refractivity (Wildman–Crippen MR) is 524 cm³/mol. The number of aldehydes is 1. The molecule has 8 aliphatic heterocycles. The first-order valence-electron chi connectivity index (χ1n) is 46.2. The number of aromatic nitrogens is 6. The largest absolute Gasteiger partial charge is 1.00 e. The van der Waals surface area contributed by atoms with E-state index in [9.17, 15) is 56.4 Å². The minimum atomic E-state index is -4.64. The van der Waals surface area contributed by atoms with Crippen LogP contribution in [0.4, 0.5) is 54.8 Å². The van der Waals surface area contributed by atoms with Gasteiger partial charge >= 0.3 is 87.2 Å². The number of nitrogens with one attached hydrogen (secondary N) is 3. The zero-order valence-electron chi connectivity index (χ0n) is 78.2. The molecule has 0 aliphatic carbocycles. The van der Waals surface area contributed by atoms with Crippen molar-refractivity contribution in [2.24, 2.45) is 0 Å². The molecule has 6 aromatic carbocycles. The van der Waals surface area contributed by atoms with Gasteiger partial charge in [-0.05, 0) is 294 Å². The normalized spacial score (nSPS) is 19.3. The van der Waals surface area contributed by atoms with Crippen molar-refractivity contribution < 1.29 is 145 Å². The van der Waals surface area contributed by atoms with Gasteiger partial charge in [-0.3, -0.25) is 4.79 Å². The van der Waals surface area contributed by atoms with Crippen molar-refractivity contribution in [2.75, 3.05) is 110 Å². The number of nitrogens with zero attached hydrogens (tertiary/aromatic N) is 17. The van der Waals surface area contributed by atoms with Gasteiger partial charge in [-0.15, -0.1) is 0 Å². The Morgan fingerprint density at radius 1 is 0.404 bits per heavy atom. The van der Waals surface area contributed by atoms with Crippen molar-refractivity contribution in [3.05, 3.63) is 221 Å². The molecule has 12 aromatic rings. The van der Waals surface area contributed by atoms with E-state index in [-0.39, 0.29) is 136 Å². The quantitative estimate of drug-likeness (QED) is 0.0379. The second-order valence-corrected chi connectivity index (χ2v) is 35.1. The van der Waals surface area contributed by atoms with Crippen LogP contribution in [0, 0.1) is 68.0 Å². The van der Waals surface area contributed by atoms with E-state index < -0.39 is 30.5 Å². The van der Waals surface area contributed by atoms with Crippen molar-refractivity contribution >= 4 is 121 Å². The topological polar surface area (TPSA) is 448 Å². The Hall–Kier alpha value is -11.5. The summed E-state index contributed by atoms with van der Waals surface area (Å²) in [7, 11) is 0. The van der Waals surface area contributed by atoms with Gasteiger partial charge in [0.05, 0.1) is 63.2 Å². The van der Waals surface area contributed by atoms with Gasteiger partial charge in [0.15, 0.2) is 6.10 Å². The number of pyridine rings is 6. The number of benzene rings is 6. The van der Waals surface area contributed by atoms with Crippen LogP contribution < -0.4 is 114 Å². The van der Waals surface area contributed by atoms with Gasteiger partial charge in [0.25, 0.3) is 0 Å². The van der Waals surface area contributed by atoms with Crippen LogP contribution >= 0.6 is 15.9 Å². The molecule has 29 nitrogen and oxygen atoms in total. The SMILES string of the molecule is CC(F)(F)F.N#Cc1nccc2cc(Br)ccc12.N#Cc1nccc2cc(N3CCC[C@@H]3C=O)ccc12.N#Cc1nccc2cc(N3CCC[C@@H]3CO)ccc12.N#Cc1nccc2cc(N3CCC[C@@H]3CO)ccc12.N#Cc1nccc2cc(N3CCC[C@@H]3[C@@H](O)C(F)(F)F)ccc12.N#Cc1nccc2cc(N3CCC[C@H]3CO)ccc12.O=C(O)C1CCCN1.OCC1CCCN1.OCC1CCCN1.[Cs+].[F-]. The van der Waals surface area contributed by atoms with E-state index in [4.69, 9.17) is 46.9 Å². The fourth-order valence-electron chi connectivity index (χ4n) is 18.1. The van der Waals surface area contributed by atoms with Crippen LogP contribution in [0.1, 0.15) is 144 Å². The molecule has 8 fully saturated rings. The van der Waals surface area contributed by atoms with E-state index in [2.05, 4.69) is 130 Å². The Bertz CT molecular complexity index is 6110. The maximum absolute atomic E-state index is 12.8. The summed E-state index contributed by atoms with van der Waals surface area (Å²) in [6, 6.07) is 58.8. The van der Waals surface area contributed by atoms with Crippen molar-refractivity contribution in [1.82, 2.24) is 45.9 Å². The Morgan fingerprint density at radius 2 is 0.681 bits per heavy atom. The fraction of sp³-hybridized carbons (Fsp3) is 0.398. The van der Waals surface area contributed by atoms with Gasteiger partial charge < -0.3 is 85.7 Å². The molecule has 0 bridgehead atoms. The summed E-state index contributed by atoms with van der Waals surface area (Å²) in [5.74, 6) is -0.720. The van der Waals surface area contributed by atoms with E-state index in [0.717, 1.165) is 216 Å². The number of hydrogen-bond acceptors (Lipinski definition) is 28. The first-order chi connectivity index (χ1) is 67.2. The van der Waals surface area contributed by atoms with Crippen molar-refractivity contribution in [2.45, 2.75) is 176 Å². The number of fused-ring (bicyclic) bond motifs is 6. The average molecular weight is 2120 g/mol. The summed E-state index contributed by atoms with van der Waals surface area (Å²) in [6.07, 6.45) is 15.6. The molecule has 0 spiro atoms. The Labute approximate surface area is 880 Å². The fourth-order valence-corrected chi connectivity index (χ4v) is 18.5. The van der Waals surface area contributed by atoms with Gasteiger partial charge in [0.2, 0.25) is 0 Å². The van der Waals surface area contributed by atoms with E-state index in [1.54, 1.807) is 60.1 Å². The summed E-state index contributed by atoms with van der Waals surface area (Å²) in [6.45, 7) is 8.71. The minimum absolute atomic E-state index is 0. The third-order valence-corrected chi connectivity index (χ3v) is 25.6. The molecule has 0 amide bonds. The number of carbonyl (C=O) groups is 2. The summed E-state index contributed by atoms with van der Waals surface area (Å²) >= 11 is 3.38. The van der Waals surface area contributed by atoms with Gasteiger partial charge in [0.1, 0.15) is 82.9 Å². The zero-order valence-corrected chi connectivity index (χ0v) is 86.0. The van der Waals surface area contributed by atoms with Crippen LogP contribution in [-0.2, 0) is 9.59 Å². The van der Waals surface area contributed by atoms with E-state index in [1.807, 2.05) is 109 Å². The molecular weight excluding hydrogens is 2010 g/mol. The predicted octanol–water partition coefficient (Wildman–Crippen LogP) is 9.21. The number of nitriles is 6. The van der Waals surface area contributed by atoms with E-state index in [0.29, 0.717) is 84.2 Å². The number of aliphatic hydroxyl groups is 6. The average Bonchev–Trinajstić information content (AvgIpc) is 1.68. The number of halogens is 8. The number of hydrogen-bond donors (Lipinski definition) is 10. The number of anilines is 5. The summed E-state index contributed by atoms with van der Waals surface area (Å²) in [5.41, 5.74) is 7.57. The number of carboxylic acid groups (broad SMARTS) is 1. The smallest absolute Gasteiger partial charge is 1.00 e. The molecule has 10 N–H and O–H groups in total. The molecule has 38 heteroatoms. The molecule has 20 rings (SSSR count). The standard InChI is InChI=1S/C16H14F3N3O.3C15H15N3O.C15H13N3O.C10H5BrN2.C5H9NO2.2C5H11NO.C2H3F3.Cs.FH/c17-16(18,19)15(23)14-2-1-7-22(14)11-3-4-12-10(8-11)5-6-21-13(12)9-20;4*16-9-15-14-4-3-12(8-11(14)5-6-17-15)18-7-1-2-13(18)10-19;11-8-1-2-9-7(5-8)3-4-13-10(9)6-12;7-5(8)4-2-1-3-6-4;2*7-4-5-2-1-3-6-5;1-2(3,4)5;;/h3-6,8,14-15,23H,1-2,7H2;3*3-6,8,13,19H,1-2,7,10H2;3-6,8,10,13H,1-2,7H2;1-5H;4,6H,1-3H2,(H,7,8);2*5-7H,1-4H2;1H3;;1H/q;;;;;;;;;;+1;/p-1/t14-,15-;4*13-;;;;;;;/m11101......./s1. The Kier molecular flexibility index (Phi) is 45.3. The molecule has 0 radical (unpaired) electrons. The first kappa shape index (κ1) is 113. The molecule has 9 atom stereocenters. The van der Waals surface area contributed by atoms with Gasteiger partial charge in [-0.25, -0.2) is 29.9 Å². The van der Waals surface area contributed by atoms with Crippen molar-refractivity contribution in [3.8, 4) is 36.4 Å². The molecule has 0 saturated carbocycles. The number of aliphatic hydroxyl groups excluding tert-OH is 6. The molecule has 8 aliphatic rings. The molecule has 3 unspecified atom stereocenters. The van der Waals surface area contributed by atoms with Crippen molar-refractivity contribution in [1.29, 1.82) is 31.6 Å².